The highest BCUT2D eigenvalue weighted by atomic mass is 32.2. The van der Waals surface area contributed by atoms with Gasteiger partial charge in [0.25, 0.3) is 0 Å². The van der Waals surface area contributed by atoms with Gasteiger partial charge < -0.3 is 100 Å². The third-order valence-electron chi connectivity index (χ3n) is 15.8. The maximum atomic E-state index is 14.4. The monoisotopic (exact) mass is 1370 g/mol. The third-order valence-corrected chi connectivity index (χ3v) is 17.3. The summed E-state index contributed by atoms with van der Waals surface area (Å²) in [6.07, 6.45) is 4.22. The molecule has 20 N–H and O–H groups in total. The van der Waals surface area contributed by atoms with Crippen molar-refractivity contribution in [2.75, 3.05) is 65.0 Å². The fourth-order valence-electron chi connectivity index (χ4n) is 10.7. The summed E-state index contributed by atoms with van der Waals surface area (Å²) in [5.74, 6) is -8.53. The molecule has 3 aliphatic heterocycles. The number of thioether (sulfide) groups is 1. The van der Waals surface area contributed by atoms with Crippen LogP contribution in [-0.4, -0.2) is 221 Å². The molecule has 96 heavy (non-hydrogen) atoms. The number of nitrogens with two attached hydrogens (primary N) is 3. The van der Waals surface area contributed by atoms with Gasteiger partial charge in [-0.05, 0) is 94.2 Å². The van der Waals surface area contributed by atoms with Crippen LogP contribution in [0.1, 0.15) is 121 Å². The van der Waals surface area contributed by atoms with Crippen LogP contribution in [-0.2, 0) is 81.5 Å². The summed E-state index contributed by atoms with van der Waals surface area (Å²) in [5, 5.41) is 65.9. The predicted octanol–water partition coefficient (Wildman–Crippen LogP) is -2.97. The summed E-state index contributed by atoms with van der Waals surface area (Å²) in [6, 6.07) is -4.39. The third kappa shape index (κ3) is 29.7. The number of hydrogen-bond donors (Lipinski definition) is 17. The van der Waals surface area contributed by atoms with Crippen LogP contribution in [0.15, 0.2) is 30.5 Å². The van der Waals surface area contributed by atoms with E-state index in [1.807, 2.05) is 11.8 Å². The summed E-state index contributed by atoms with van der Waals surface area (Å²) in [4.78, 5) is 148. The van der Waals surface area contributed by atoms with Crippen LogP contribution in [0, 0.1) is 11.3 Å². The number of urea groups is 1. The number of nitrogens with zero attached hydrogens (tertiary/aromatic N) is 3. The molecule has 5 rings (SSSR count). The molecule has 0 spiro atoms. The van der Waals surface area contributed by atoms with Gasteiger partial charge in [-0.25, -0.2) is 4.79 Å². The number of phenols is 1. The lowest BCUT2D eigenvalue weighted by Crippen LogP contribution is -2.60. The molecule has 3 aliphatic rings. The van der Waals surface area contributed by atoms with Gasteiger partial charge in [0.1, 0.15) is 42.0 Å². The van der Waals surface area contributed by atoms with Crippen LogP contribution in [0.25, 0.3) is 0 Å². The minimum atomic E-state index is -1.85. The number of hydrogen-bond acceptors (Lipinski definition) is 20. The highest BCUT2D eigenvalue weighted by molar-refractivity contribution is 8.00. The molecule has 2 bridgehead atoms. The van der Waals surface area contributed by atoms with E-state index in [1.165, 1.54) is 28.9 Å². The van der Waals surface area contributed by atoms with Crippen LogP contribution < -0.4 is 75.7 Å². The van der Waals surface area contributed by atoms with E-state index in [4.69, 9.17) is 36.8 Å². The molecule has 10 atom stereocenters. The number of carboxylic acids is 1. The molecule has 4 heterocycles. The molecule has 0 radical (unpaired) electrons. The predicted molar refractivity (Wildman–Crippen MR) is 350 cm³/mol. The van der Waals surface area contributed by atoms with E-state index in [2.05, 4.69) is 68.8 Å². The first-order valence-electron chi connectivity index (χ1n) is 32.7. The summed E-state index contributed by atoms with van der Waals surface area (Å²) in [5.41, 5.74) is 18.1. The number of amides is 11. The number of ether oxygens (including phenoxy) is 3. The normalized spacial score (nSPS) is 23.3. The Balaban J connectivity index is 1.21. The second-order valence-electron chi connectivity index (χ2n) is 24.3. The standard InChI is InChI=1S/C61H98N18O16S/c1-36(2)30-44-57(89)71-43(18-19-49(63)81)56(88)70-42(11-7-20-68-60(64)65)55(87)69-41(54(86)67-22-9-25-94-27-29-95-28-26-93-24-8-21-66-50(82)13-4-3-12-48-52-47(35-96-48)75-61(92)76-52)10-5-6-23-79-34-38(77-78-79)32-40(62)53(85)72-45(31-37-14-16-39(80)17-15-37)58(90)74-46(33-51(83)84)59(91)73-44/h14-17,34,36,40-48,52,80H,3-13,18-33,35,62H2,1-2H3,(H2,63,81)(H,66,82)(H,67,86)(H,69,87)(H,70,88)(H,71,89)(H,72,85)(H,73,91)(H,74,90)(H,83,84)(H4,64,65,68)(H2,75,76,92)/t40-,41-,42-,43-,44-,45-,46-,47+,48+,52+/m0/s1. The van der Waals surface area contributed by atoms with E-state index >= 15 is 0 Å². The first-order chi connectivity index (χ1) is 45.9. The topological polar surface area (TPSA) is 521 Å². The Morgan fingerprint density at radius 2 is 1.27 bits per heavy atom. The van der Waals surface area contributed by atoms with Crippen molar-refractivity contribution in [2.45, 2.75) is 189 Å². The van der Waals surface area contributed by atoms with Gasteiger partial charge in [0.15, 0.2) is 5.96 Å². The van der Waals surface area contributed by atoms with Gasteiger partial charge >= 0.3 is 12.0 Å². The van der Waals surface area contributed by atoms with E-state index in [0.29, 0.717) is 75.0 Å². The number of benzene rings is 1. The molecular weight excluding hydrogens is 1270 g/mol. The molecule has 2 saturated heterocycles. The quantitative estimate of drug-likeness (QED) is 0.0147. The maximum absolute atomic E-state index is 14.4. The molecule has 534 valence electrons. The summed E-state index contributed by atoms with van der Waals surface area (Å²) >= 11 is 1.86. The van der Waals surface area contributed by atoms with E-state index in [1.54, 1.807) is 20.0 Å². The van der Waals surface area contributed by atoms with Gasteiger partial charge in [-0.3, -0.25) is 58.0 Å². The maximum Gasteiger partial charge on any atom is 0.315 e. The highest BCUT2D eigenvalue weighted by Gasteiger charge is 2.43. The number of carbonyl (C=O) groups excluding carboxylic acids is 10. The Labute approximate surface area is 561 Å². The molecule has 35 heteroatoms. The minimum Gasteiger partial charge on any atom is -0.508 e. The fraction of sp³-hybridized carbons (Fsp3) is 0.672. The van der Waals surface area contributed by atoms with Crippen molar-refractivity contribution in [3.63, 3.8) is 0 Å². The lowest BCUT2D eigenvalue weighted by molar-refractivity contribution is -0.141. The molecule has 1 aromatic carbocycles. The van der Waals surface area contributed by atoms with Gasteiger partial charge in [0.2, 0.25) is 53.2 Å². The SMILES string of the molecule is CC(C)C[C@@H]1NC(=O)[C@H](CC(=O)O)NC(=O)[C@H](Cc2ccc(O)cc2)NC(=O)[C@@H](N)Cc2cn(nn2)CCCC[C@@H](C(=O)NCCCOCCOCCOCCCNC(=O)CCCC[C@H]2SC[C@H]3NC(=O)N[C@H]32)NC(=O)[C@H](CCCNC(=N)N)NC(=O)[C@H](CCC(N)=O)NC1=O. The zero-order valence-corrected chi connectivity index (χ0v) is 55.4. The molecule has 0 aliphatic carbocycles. The number of fused-ring (bicyclic) bond motifs is 3. The van der Waals surface area contributed by atoms with E-state index in [9.17, 15) is 63.0 Å². The van der Waals surface area contributed by atoms with Crippen molar-refractivity contribution in [3.8, 4) is 5.75 Å². The number of aliphatic carboxylic acids is 1. The number of carbonyl (C=O) groups is 11. The Hall–Kier alpha value is -8.41. The van der Waals surface area contributed by atoms with Crippen molar-refractivity contribution < 1.29 is 77.2 Å². The average Bonchev–Trinajstić information content (AvgIpc) is 1.65. The number of unbranched alkanes of at least 4 members (excludes halogenated alkanes) is 1. The van der Waals surface area contributed by atoms with Gasteiger partial charge in [-0.1, -0.05) is 37.6 Å². The van der Waals surface area contributed by atoms with Gasteiger partial charge in [0.05, 0.1) is 56.7 Å². The fourth-order valence-corrected chi connectivity index (χ4v) is 12.3. The lowest BCUT2D eigenvalue weighted by atomic mass is 10.0. The molecule has 2 fully saturated rings. The number of aryl methyl sites for hydroxylation is 1. The number of aromatic hydroxyl groups is 1. The second-order valence-corrected chi connectivity index (χ2v) is 25.6. The number of primary amides is 1. The van der Waals surface area contributed by atoms with Gasteiger partial charge in [-0.15, -0.1) is 5.10 Å². The first-order valence-corrected chi connectivity index (χ1v) is 33.8. The first kappa shape index (κ1) is 78.3. The van der Waals surface area contributed by atoms with Crippen LogP contribution in [0.5, 0.6) is 5.75 Å². The van der Waals surface area contributed by atoms with Crippen LogP contribution in [0.2, 0.25) is 0 Å². The van der Waals surface area contributed by atoms with Crippen LogP contribution in [0.4, 0.5) is 4.79 Å². The molecular formula is C61H98N18O16S. The Bertz CT molecular complexity index is 2890. The molecule has 0 unspecified atom stereocenters. The molecule has 2 aromatic rings. The number of guanidine groups is 1. The van der Waals surface area contributed by atoms with Crippen molar-refractivity contribution in [2.24, 2.45) is 23.1 Å². The average molecular weight is 1370 g/mol. The van der Waals surface area contributed by atoms with Crippen molar-refractivity contribution >= 4 is 82.9 Å². The Morgan fingerprint density at radius 1 is 0.677 bits per heavy atom. The van der Waals surface area contributed by atoms with E-state index in [0.717, 1.165) is 25.0 Å². The smallest absolute Gasteiger partial charge is 0.315 e. The van der Waals surface area contributed by atoms with E-state index in [-0.39, 0.29) is 120 Å². The molecule has 34 nitrogen and oxygen atoms in total. The number of aromatic nitrogens is 3. The number of rotatable bonds is 33. The zero-order chi connectivity index (χ0) is 69.9. The second kappa shape index (κ2) is 42.2. The molecule has 11 amide bonds. The van der Waals surface area contributed by atoms with Crippen LogP contribution >= 0.6 is 11.8 Å². The zero-order valence-electron chi connectivity index (χ0n) is 54.6. The largest absolute Gasteiger partial charge is 0.508 e. The van der Waals surface area contributed by atoms with Crippen molar-refractivity contribution in [3.05, 3.63) is 41.7 Å². The Morgan fingerprint density at radius 3 is 1.94 bits per heavy atom. The van der Waals surface area contributed by atoms with Gasteiger partial charge in [0, 0.05) is 82.3 Å². The summed E-state index contributed by atoms with van der Waals surface area (Å²) in [7, 11) is 0. The molecule has 1 aromatic heterocycles. The van der Waals surface area contributed by atoms with Gasteiger partial charge in [-0.2, -0.15) is 11.8 Å². The van der Waals surface area contributed by atoms with Crippen LogP contribution in [0.3, 0.4) is 0 Å². The number of carboxylic acid groups (broad SMARTS) is 1. The lowest BCUT2D eigenvalue weighted by Gasteiger charge is -2.28. The molecule has 0 saturated carbocycles. The van der Waals surface area contributed by atoms with E-state index < -0.39 is 115 Å². The van der Waals surface area contributed by atoms with Crippen molar-refractivity contribution in [1.29, 1.82) is 5.41 Å². The number of nitrogens with one attached hydrogen (secondary N) is 12. The number of phenolic OH excluding ortho intramolecular Hbond substituents is 1. The highest BCUT2D eigenvalue weighted by Crippen LogP contribution is 2.33. The summed E-state index contributed by atoms with van der Waals surface area (Å²) in [6.45, 7) is 6.32. The Kier molecular flexibility index (Phi) is 34.4. The minimum absolute atomic E-state index is 0.000493. The summed E-state index contributed by atoms with van der Waals surface area (Å²) < 4.78 is 18.5. The van der Waals surface area contributed by atoms with Crippen molar-refractivity contribution in [1.82, 2.24) is 73.5 Å².